The molecular weight excluding hydrogens is 246 g/mol. The molecule has 1 aliphatic rings. The highest BCUT2D eigenvalue weighted by molar-refractivity contribution is 8.00. The first-order valence-corrected chi connectivity index (χ1v) is 6.43. The normalized spacial score (nSPS) is 19.6. The summed E-state index contributed by atoms with van der Waals surface area (Å²) in [6, 6.07) is 6.18. The standard InChI is InChI=1S/C12H12F2O2S/c13-12(14)16-9-5-2-1-4-8(9)11(15)10-6-3-7-17-10/h1-2,4-5,10,12H,3,6-7H2. The molecule has 1 aromatic rings. The van der Waals surface area contributed by atoms with Gasteiger partial charge >= 0.3 is 6.61 Å². The quantitative estimate of drug-likeness (QED) is 0.774. The van der Waals surface area contributed by atoms with Crippen molar-refractivity contribution in [2.24, 2.45) is 0 Å². The van der Waals surface area contributed by atoms with E-state index in [1.165, 1.54) is 6.07 Å². The summed E-state index contributed by atoms with van der Waals surface area (Å²) in [5.41, 5.74) is 0.257. The lowest BCUT2D eigenvalue weighted by Gasteiger charge is -2.12. The molecule has 17 heavy (non-hydrogen) atoms. The summed E-state index contributed by atoms with van der Waals surface area (Å²) in [4.78, 5) is 12.1. The zero-order chi connectivity index (χ0) is 12.3. The SMILES string of the molecule is O=C(c1ccccc1OC(F)F)C1CCCS1. The Morgan fingerprint density at radius 2 is 2.18 bits per heavy atom. The third kappa shape index (κ3) is 2.97. The number of ether oxygens (including phenoxy) is 1. The Hall–Kier alpha value is -1.10. The first-order chi connectivity index (χ1) is 8.18. The minimum absolute atomic E-state index is 0.0278. The molecule has 1 aliphatic heterocycles. The molecule has 92 valence electrons. The Labute approximate surface area is 102 Å². The number of rotatable bonds is 4. The molecule has 2 rings (SSSR count). The van der Waals surface area contributed by atoms with Crippen LogP contribution < -0.4 is 4.74 Å². The fraction of sp³-hybridized carbons (Fsp3) is 0.417. The molecule has 1 saturated heterocycles. The first-order valence-electron chi connectivity index (χ1n) is 5.38. The van der Waals surface area contributed by atoms with E-state index in [4.69, 9.17) is 0 Å². The molecule has 5 heteroatoms. The number of carbonyl (C=O) groups is 1. The zero-order valence-corrected chi connectivity index (χ0v) is 9.88. The van der Waals surface area contributed by atoms with Gasteiger partial charge in [-0.1, -0.05) is 12.1 Å². The predicted octanol–water partition coefficient (Wildman–Crippen LogP) is 3.37. The number of halogens is 2. The minimum atomic E-state index is -2.90. The lowest BCUT2D eigenvalue weighted by atomic mass is 10.0. The molecule has 0 radical (unpaired) electrons. The molecule has 2 nitrogen and oxygen atoms in total. The molecule has 1 unspecified atom stereocenters. The van der Waals surface area contributed by atoms with Crippen molar-refractivity contribution in [3.05, 3.63) is 29.8 Å². The number of hydrogen-bond acceptors (Lipinski definition) is 3. The number of alkyl halides is 2. The van der Waals surface area contributed by atoms with Crippen LogP contribution in [0.1, 0.15) is 23.2 Å². The van der Waals surface area contributed by atoms with Crippen LogP contribution in [-0.2, 0) is 0 Å². The average Bonchev–Trinajstić information content (AvgIpc) is 2.81. The van der Waals surface area contributed by atoms with Gasteiger partial charge in [-0.05, 0) is 30.7 Å². The van der Waals surface area contributed by atoms with Gasteiger partial charge in [0.1, 0.15) is 5.75 Å². The van der Waals surface area contributed by atoms with Crippen LogP contribution in [0.4, 0.5) is 8.78 Å². The van der Waals surface area contributed by atoms with Gasteiger partial charge in [0, 0.05) is 0 Å². The number of Topliss-reactive ketones (excluding diaryl/α,β-unsaturated/α-hetero) is 1. The van der Waals surface area contributed by atoms with Crippen LogP contribution in [0.15, 0.2) is 24.3 Å². The van der Waals surface area contributed by atoms with E-state index in [-0.39, 0.29) is 22.3 Å². The highest BCUT2D eigenvalue weighted by atomic mass is 32.2. The second-order valence-electron chi connectivity index (χ2n) is 3.74. The number of hydrogen-bond donors (Lipinski definition) is 0. The minimum Gasteiger partial charge on any atom is -0.434 e. The van der Waals surface area contributed by atoms with Crippen molar-refractivity contribution >= 4 is 17.5 Å². The Morgan fingerprint density at radius 3 is 2.82 bits per heavy atom. The monoisotopic (exact) mass is 258 g/mol. The van der Waals surface area contributed by atoms with Crippen LogP contribution in [0.2, 0.25) is 0 Å². The molecule has 0 aromatic heterocycles. The predicted molar refractivity (Wildman–Crippen MR) is 62.9 cm³/mol. The van der Waals surface area contributed by atoms with Gasteiger partial charge in [-0.15, -0.1) is 0 Å². The molecule has 1 heterocycles. The maximum absolute atomic E-state index is 12.2. The molecule has 1 fully saturated rings. The third-order valence-electron chi connectivity index (χ3n) is 2.59. The van der Waals surface area contributed by atoms with Gasteiger partial charge < -0.3 is 4.74 Å². The maximum Gasteiger partial charge on any atom is 0.387 e. The summed E-state index contributed by atoms with van der Waals surface area (Å²) in [7, 11) is 0. The van der Waals surface area contributed by atoms with Gasteiger partial charge in [0.05, 0.1) is 10.8 Å². The number of para-hydroxylation sites is 1. The van der Waals surface area contributed by atoms with Gasteiger partial charge in [0.15, 0.2) is 5.78 Å². The second kappa shape index (κ2) is 5.49. The number of carbonyl (C=O) groups excluding carboxylic acids is 1. The second-order valence-corrected chi connectivity index (χ2v) is 5.05. The molecule has 0 bridgehead atoms. The maximum atomic E-state index is 12.2. The van der Waals surface area contributed by atoms with Crippen LogP contribution in [0.25, 0.3) is 0 Å². The summed E-state index contributed by atoms with van der Waals surface area (Å²) in [5, 5.41) is -0.113. The van der Waals surface area contributed by atoms with Gasteiger partial charge in [-0.3, -0.25) is 4.79 Å². The van der Waals surface area contributed by atoms with E-state index in [1.54, 1.807) is 30.0 Å². The highest BCUT2D eigenvalue weighted by Crippen LogP contribution is 2.32. The van der Waals surface area contributed by atoms with Crippen molar-refractivity contribution in [3.8, 4) is 5.75 Å². The van der Waals surface area contributed by atoms with Gasteiger partial charge in [-0.2, -0.15) is 20.5 Å². The number of benzene rings is 1. The van der Waals surface area contributed by atoms with Gasteiger partial charge in [-0.25, -0.2) is 0 Å². The van der Waals surface area contributed by atoms with Crippen LogP contribution in [-0.4, -0.2) is 23.4 Å². The van der Waals surface area contributed by atoms with E-state index in [0.717, 1.165) is 18.6 Å². The Morgan fingerprint density at radius 1 is 1.41 bits per heavy atom. The van der Waals surface area contributed by atoms with E-state index in [2.05, 4.69) is 4.74 Å². The van der Waals surface area contributed by atoms with Crippen molar-refractivity contribution in [1.82, 2.24) is 0 Å². The van der Waals surface area contributed by atoms with Crippen LogP contribution in [0.5, 0.6) is 5.75 Å². The highest BCUT2D eigenvalue weighted by Gasteiger charge is 2.27. The summed E-state index contributed by atoms with van der Waals surface area (Å²) in [5.74, 6) is 0.817. The van der Waals surface area contributed by atoms with Crippen LogP contribution in [0.3, 0.4) is 0 Å². The number of thioether (sulfide) groups is 1. The largest absolute Gasteiger partial charge is 0.434 e. The molecule has 0 amide bonds. The zero-order valence-electron chi connectivity index (χ0n) is 9.07. The number of ketones is 1. The summed E-state index contributed by atoms with van der Waals surface area (Å²) >= 11 is 1.58. The molecule has 0 aliphatic carbocycles. The van der Waals surface area contributed by atoms with Gasteiger partial charge in [0.25, 0.3) is 0 Å². The Bertz CT molecular complexity index is 403. The van der Waals surface area contributed by atoms with Crippen molar-refractivity contribution in [2.75, 3.05) is 5.75 Å². The molecule has 0 N–H and O–H groups in total. The molecule has 0 spiro atoms. The molecular formula is C12H12F2O2S. The van der Waals surface area contributed by atoms with E-state index in [0.29, 0.717) is 0 Å². The van der Waals surface area contributed by atoms with E-state index in [9.17, 15) is 13.6 Å². The Kier molecular flexibility index (Phi) is 3.99. The van der Waals surface area contributed by atoms with Crippen molar-refractivity contribution < 1.29 is 18.3 Å². The molecule has 1 atom stereocenters. The lowest BCUT2D eigenvalue weighted by Crippen LogP contribution is -2.16. The first kappa shape index (κ1) is 12.4. The molecule has 0 saturated carbocycles. The van der Waals surface area contributed by atoms with E-state index < -0.39 is 6.61 Å². The van der Waals surface area contributed by atoms with E-state index in [1.807, 2.05) is 0 Å². The van der Waals surface area contributed by atoms with E-state index >= 15 is 0 Å². The smallest absolute Gasteiger partial charge is 0.387 e. The van der Waals surface area contributed by atoms with Crippen LogP contribution in [0, 0.1) is 0 Å². The third-order valence-corrected chi connectivity index (χ3v) is 3.97. The van der Waals surface area contributed by atoms with Crippen LogP contribution >= 0.6 is 11.8 Å². The molecule has 1 aromatic carbocycles. The fourth-order valence-corrected chi connectivity index (χ4v) is 3.06. The topological polar surface area (TPSA) is 26.3 Å². The summed E-state index contributed by atoms with van der Waals surface area (Å²) in [6.45, 7) is -2.90. The Balaban J connectivity index is 2.21. The lowest BCUT2D eigenvalue weighted by molar-refractivity contribution is -0.0501. The summed E-state index contributed by atoms with van der Waals surface area (Å²) < 4.78 is 28.8. The van der Waals surface area contributed by atoms with Crippen molar-refractivity contribution in [2.45, 2.75) is 24.7 Å². The fourth-order valence-electron chi connectivity index (χ4n) is 1.83. The average molecular weight is 258 g/mol. The summed E-state index contributed by atoms with van der Waals surface area (Å²) in [6.07, 6.45) is 1.81. The van der Waals surface area contributed by atoms with Gasteiger partial charge in [0.2, 0.25) is 0 Å². The van der Waals surface area contributed by atoms with Crippen molar-refractivity contribution in [3.63, 3.8) is 0 Å². The van der Waals surface area contributed by atoms with Crippen molar-refractivity contribution in [1.29, 1.82) is 0 Å².